The summed E-state index contributed by atoms with van der Waals surface area (Å²) >= 11 is 0. The summed E-state index contributed by atoms with van der Waals surface area (Å²) in [5.41, 5.74) is 6.05. The molecule has 11 heteroatoms. The smallest absolute Gasteiger partial charge is 0.319 e. The van der Waals surface area contributed by atoms with Crippen LogP contribution in [0, 0.1) is 29.9 Å². The third-order valence-corrected chi connectivity index (χ3v) is 11.2. The molecule has 0 bridgehead atoms. The number of aromatic nitrogens is 2. The van der Waals surface area contributed by atoms with Crippen LogP contribution in [0.5, 0.6) is 11.8 Å². The van der Waals surface area contributed by atoms with Gasteiger partial charge in [-0.05, 0) is 73.4 Å². The van der Waals surface area contributed by atoms with Crippen LogP contribution in [0.15, 0.2) is 36.4 Å². The van der Waals surface area contributed by atoms with Gasteiger partial charge in [-0.2, -0.15) is 9.97 Å². The Bertz CT molecular complexity index is 1980. The van der Waals surface area contributed by atoms with Crippen LogP contribution < -0.4 is 15.4 Å². The molecule has 0 aliphatic carbocycles. The molecule has 0 amide bonds. The molecule has 4 aliphatic heterocycles. The van der Waals surface area contributed by atoms with Gasteiger partial charge in [-0.1, -0.05) is 25.0 Å². The summed E-state index contributed by atoms with van der Waals surface area (Å²) in [6.45, 7) is 5.26. The lowest BCUT2D eigenvalue weighted by Crippen LogP contribution is -2.54. The Morgan fingerprint density at radius 2 is 1.92 bits per heavy atom. The van der Waals surface area contributed by atoms with Crippen molar-refractivity contribution in [1.82, 2.24) is 14.9 Å². The number of nitrogens with two attached hydrogens (primary N) is 1. The first kappa shape index (κ1) is 31.2. The van der Waals surface area contributed by atoms with Gasteiger partial charge in [0.2, 0.25) is 0 Å². The molecule has 4 atom stereocenters. The number of hydrogen-bond donors (Lipinski definition) is 2. The highest BCUT2D eigenvalue weighted by Crippen LogP contribution is 2.44. The van der Waals surface area contributed by atoms with E-state index in [-0.39, 0.29) is 52.5 Å². The van der Waals surface area contributed by atoms with Gasteiger partial charge in [0.25, 0.3) is 0 Å². The Kier molecular flexibility index (Phi) is 7.47. The zero-order valence-corrected chi connectivity index (χ0v) is 26.8. The first-order valence-electron chi connectivity index (χ1n) is 16.7. The van der Waals surface area contributed by atoms with Crippen molar-refractivity contribution in [2.45, 2.75) is 62.4 Å². The van der Waals surface area contributed by atoms with E-state index < -0.39 is 28.9 Å². The van der Waals surface area contributed by atoms with Gasteiger partial charge in [0, 0.05) is 48.4 Å². The minimum absolute atomic E-state index is 0.00376. The molecule has 0 saturated carbocycles. The number of terminal acetylenes is 1. The second-order valence-electron chi connectivity index (χ2n) is 14.0. The van der Waals surface area contributed by atoms with Crippen LogP contribution in [-0.2, 0) is 4.74 Å². The van der Waals surface area contributed by atoms with E-state index in [1.165, 1.54) is 24.3 Å². The number of piperidine rings is 1. The van der Waals surface area contributed by atoms with E-state index >= 15 is 4.39 Å². The van der Waals surface area contributed by atoms with Gasteiger partial charge in [0.1, 0.15) is 35.7 Å². The lowest BCUT2D eigenvalue weighted by atomic mass is 9.81. The highest BCUT2D eigenvalue weighted by atomic mass is 19.1. The molecule has 1 spiro atoms. The summed E-state index contributed by atoms with van der Waals surface area (Å²) in [4.78, 5) is 13.7. The number of nitrogens with zero attached hydrogens (tertiary/aromatic N) is 4. The Labute approximate surface area is 277 Å². The molecular weight excluding hydrogens is 619 g/mol. The van der Waals surface area contributed by atoms with Gasteiger partial charge in [0.15, 0.2) is 5.82 Å². The molecule has 3 aromatic carbocycles. The first-order valence-corrected chi connectivity index (χ1v) is 16.7. The summed E-state index contributed by atoms with van der Waals surface area (Å²) < 4.78 is 58.8. The summed E-state index contributed by atoms with van der Waals surface area (Å²) in [6.07, 6.45) is 8.29. The van der Waals surface area contributed by atoms with Crippen LogP contribution in [0.3, 0.4) is 0 Å². The topological polar surface area (TPSA) is 97.0 Å². The number of halogens is 3. The standard InChI is InChI=1S/C37H38F3N5O3/c1-3-25-29(39)8-5-22-15-24(46)16-28(30(22)25)26-6-7-27-32(31(26)40)42-35(47-20-36-9-4-12-45(36)18-23(38)17-36)43-34(27)44-13-10-37(11-14-44)33(41)21(2)19-48-37/h1,5-8,15-16,21,23,33,46H,4,9-14,17-20,41H2,2H3/t21-,23-,33-,36+/m1/s1. The monoisotopic (exact) mass is 657 g/mol. The predicted molar refractivity (Wildman–Crippen MR) is 178 cm³/mol. The number of fused-ring (bicyclic) bond motifs is 3. The minimum Gasteiger partial charge on any atom is -0.508 e. The van der Waals surface area contributed by atoms with Crippen LogP contribution in [0.25, 0.3) is 32.8 Å². The normalized spacial score (nSPS) is 26.8. The maximum atomic E-state index is 16.9. The van der Waals surface area contributed by atoms with Gasteiger partial charge in [-0.3, -0.25) is 4.90 Å². The summed E-state index contributed by atoms with van der Waals surface area (Å²) in [6, 6.07) is 8.82. The molecule has 8 nitrogen and oxygen atoms in total. The van der Waals surface area contributed by atoms with Crippen LogP contribution in [-0.4, -0.2) is 82.7 Å². The fourth-order valence-electron chi connectivity index (χ4n) is 8.66. The largest absolute Gasteiger partial charge is 0.508 e. The molecule has 0 radical (unpaired) electrons. The number of alkyl halides is 1. The van der Waals surface area contributed by atoms with Crippen LogP contribution >= 0.6 is 0 Å². The average Bonchev–Trinajstić information content (AvgIpc) is 3.70. The highest BCUT2D eigenvalue weighted by Gasteiger charge is 2.50. The van der Waals surface area contributed by atoms with E-state index in [9.17, 15) is 13.9 Å². The van der Waals surface area contributed by atoms with E-state index in [0.717, 1.165) is 19.4 Å². The number of aromatic hydroxyl groups is 1. The van der Waals surface area contributed by atoms with Gasteiger partial charge < -0.3 is 25.2 Å². The molecule has 5 heterocycles. The van der Waals surface area contributed by atoms with Gasteiger partial charge >= 0.3 is 6.01 Å². The van der Waals surface area contributed by atoms with Crippen LogP contribution in [0.4, 0.5) is 19.0 Å². The van der Waals surface area contributed by atoms with Gasteiger partial charge in [-0.15, -0.1) is 6.42 Å². The number of rotatable bonds is 5. The van der Waals surface area contributed by atoms with Crippen molar-refractivity contribution in [3.05, 3.63) is 53.6 Å². The molecule has 3 N–H and O–H groups in total. The third-order valence-electron chi connectivity index (χ3n) is 11.2. The van der Waals surface area contributed by atoms with Gasteiger partial charge in [-0.25, -0.2) is 13.2 Å². The molecule has 8 rings (SSSR count). The van der Waals surface area contributed by atoms with E-state index in [0.29, 0.717) is 67.5 Å². The Morgan fingerprint density at radius 3 is 2.67 bits per heavy atom. The SMILES string of the molecule is C#Cc1c(F)ccc2cc(O)cc(-c3ccc4c(N5CCC6(CC5)OC[C@@H](C)[C@H]6N)nc(OC[C@@]56CCCN5C[C@H](F)C6)nc4c3F)c12. The molecule has 1 aromatic heterocycles. The quantitative estimate of drug-likeness (QED) is 0.264. The number of ether oxygens (including phenoxy) is 2. The van der Waals surface area contributed by atoms with Crippen molar-refractivity contribution in [2.75, 3.05) is 44.3 Å². The second kappa shape index (κ2) is 11.5. The zero-order chi connectivity index (χ0) is 33.4. The zero-order valence-electron chi connectivity index (χ0n) is 26.8. The van der Waals surface area contributed by atoms with Crippen molar-refractivity contribution in [1.29, 1.82) is 0 Å². The van der Waals surface area contributed by atoms with E-state index in [2.05, 4.69) is 27.6 Å². The maximum Gasteiger partial charge on any atom is 0.319 e. The molecule has 4 fully saturated rings. The molecule has 48 heavy (non-hydrogen) atoms. The predicted octanol–water partition coefficient (Wildman–Crippen LogP) is 5.70. The van der Waals surface area contributed by atoms with Crippen molar-refractivity contribution in [3.8, 4) is 35.2 Å². The fraction of sp³-hybridized carbons (Fsp3) is 0.459. The lowest BCUT2D eigenvalue weighted by molar-refractivity contribution is -0.0232. The summed E-state index contributed by atoms with van der Waals surface area (Å²) in [5, 5.41) is 11.8. The summed E-state index contributed by atoms with van der Waals surface area (Å²) in [5.74, 6) is 1.74. The van der Waals surface area contributed by atoms with E-state index in [4.69, 9.17) is 26.6 Å². The Balaban J connectivity index is 1.24. The van der Waals surface area contributed by atoms with Crippen molar-refractivity contribution < 1.29 is 27.8 Å². The molecule has 250 valence electrons. The number of hydrogen-bond acceptors (Lipinski definition) is 8. The number of phenols is 1. The first-order chi connectivity index (χ1) is 23.1. The fourth-order valence-corrected chi connectivity index (χ4v) is 8.66. The lowest BCUT2D eigenvalue weighted by Gasteiger charge is -2.42. The Hall–Kier alpha value is -4.11. The number of anilines is 1. The average molecular weight is 658 g/mol. The minimum atomic E-state index is -0.926. The Morgan fingerprint density at radius 1 is 1.10 bits per heavy atom. The summed E-state index contributed by atoms with van der Waals surface area (Å²) in [7, 11) is 0. The van der Waals surface area contributed by atoms with Crippen LogP contribution in [0.2, 0.25) is 0 Å². The molecule has 4 aliphatic rings. The van der Waals surface area contributed by atoms with E-state index in [1.807, 2.05) is 0 Å². The van der Waals surface area contributed by atoms with Crippen molar-refractivity contribution in [3.63, 3.8) is 0 Å². The van der Waals surface area contributed by atoms with Crippen LogP contribution in [0.1, 0.15) is 44.6 Å². The third kappa shape index (κ3) is 4.87. The molecular formula is C37H38F3N5O3. The molecule has 0 unspecified atom stereocenters. The number of benzene rings is 3. The van der Waals surface area contributed by atoms with Crippen molar-refractivity contribution >= 4 is 27.5 Å². The van der Waals surface area contributed by atoms with Crippen molar-refractivity contribution in [2.24, 2.45) is 11.7 Å². The van der Waals surface area contributed by atoms with Gasteiger partial charge in [0.05, 0.1) is 23.3 Å². The highest BCUT2D eigenvalue weighted by molar-refractivity contribution is 6.04. The second-order valence-corrected chi connectivity index (χ2v) is 14.0. The van der Waals surface area contributed by atoms with E-state index in [1.54, 1.807) is 12.1 Å². The molecule has 4 aromatic rings. The molecule has 4 saturated heterocycles. The number of phenolic OH excluding ortho intramolecular Hbond substituents is 1. The maximum absolute atomic E-state index is 16.9.